The fraction of sp³-hybridized carbons (Fsp3) is 0.632. The summed E-state index contributed by atoms with van der Waals surface area (Å²) in [5.74, 6) is -0.0949. The van der Waals surface area contributed by atoms with Crippen molar-refractivity contribution >= 4 is 15.8 Å². The Kier molecular flexibility index (Phi) is 6.34. The molecule has 2 rings (SSSR count). The number of aryl methyl sites for hydroxylation is 1. The first-order valence-electron chi connectivity index (χ1n) is 9.02. The van der Waals surface area contributed by atoms with E-state index in [9.17, 15) is 18.3 Å². The number of benzene rings is 1. The zero-order valence-corrected chi connectivity index (χ0v) is 16.7. The summed E-state index contributed by atoms with van der Waals surface area (Å²) in [6, 6.07) is 4.96. The van der Waals surface area contributed by atoms with Crippen LogP contribution in [0.1, 0.15) is 57.2 Å². The minimum atomic E-state index is -3.09. The van der Waals surface area contributed by atoms with E-state index in [1.807, 2.05) is 39.0 Å². The van der Waals surface area contributed by atoms with Crippen LogP contribution in [0.5, 0.6) is 5.75 Å². The molecule has 0 bridgehead atoms. The van der Waals surface area contributed by atoms with Crippen molar-refractivity contribution in [2.45, 2.75) is 64.6 Å². The van der Waals surface area contributed by atoms with Gasteiger partial charge in [0.05, 0.1) is 5.75 Å². The van der Waals surface area contributed by atoms with Crippen LogP contribution < -0.4 is 10.1 Å². The Morgan fingerprint density at radius 2 is 2.12 bits per heavy atom. The first kappa shape index (κ1) is 20.7. The van der Waals surface area contributed by atoms with Gasteiger partial charge in [0.25, 0.3) is 0 Å². The van der Waals surface area contributed by atoms with E-state index in [0.29, 0.717) is 12.8 Å². The third kappa shape index (κ3) is 5.45. The maximum absolute atomic E-state index is 11.7. The molecule has 1 aliphatic rings. The number of nitrogens with one attached hydrogen (secondary N) is 1. The first-order valence-corrected chi connectivity index (χ1v) is 10.8. The van der Waals surface area contributed by atoms with Crippen molar-refractivity contribution in [2.24, 2.45) is 0 Å². The Bertz CT molecular complexity index is 757. The highest BCUT2D eigenvalue weighted by Gasteiger charge is 2.35. The van der Waals surface area contributed by atoms with Gasteiger partial charge in [-0.2, -0.15) is 0 Å². The number of carbonyl (C=O) groups is 1. The van der Waals surface area contributed by atoms with Crippen LogP contribution in [0.4, 0.5) is 0 Å². The fourth-order valence-corrected chi connectivity index (χ4v) is 4.19. The second-order valence-corrected chi connectivity index (χ2v) is 10.1. The number of hydrogen-bond acceptors (Lipinski definition) is 5. The van der Waals surface area contributed by atoms with Crippen LogP contribution in [0.15, 0.2) is 18.2 Å². The second kappa shape index (κ2) is 7.96. The summed E-state index contributed by atoms with van der Waals surface area (Å²) in [5, 5.41) is 12.8. The number of ether oxygens (including phenoxy) is 1. The highest BCUT2D eigenvalue weighted by molar-refractivity contribution is 7.91. The number of sulfone groups is 1. The van der Waals surface area contributed by atoms with Crippen LogP contribution in [0, 0.1) is 6.92 Å². The lowest BCUT2D eigenvalue weighted by atomic mass is 9.88. The maximum atomic E-state index is 11.7. The molecule has 1 aromatic rings. The monoisotopic (exact) mass is 383 g/mol. The number of hydrogen-bond donors (Lipinski definition) is 2. The molecule has 6 nitrogen and oxygen atoms in total. The van der Waals surface area contributed by atoms with Gasteiger partial charge in [-0.15, -0.1) is 0 Å². The predicted molar refractivity (Wildman–Crippen MR) is 101 cm³/mol. The summed E-state index contributed by atoms with van der Waals surface area (Å²) < 4.78 is 29.3. The van der Waals surface area contributed by atoms with Crippen LogP contribution >= 0.6 is 0 Å². The smallest absolute Gasteiger partial charge is 0.320 e. The van der Waals surface area contributed by atoms with Crippen molar-refractivity contribution in [3.63, 3.8) is 0 Å². The van der Waals surface area contributed by atoms with Gasteiger partial charge in [-0.1, -0.05) is 24.6 Å². The number of carboxylic acid groups (broad SMARTS) is 1. The molecule has 0 saturated carbocycles. The van der Waals surface area contributed by atoms with E-state index in [-0.39, 0.29) is 24.0 Å². The molecular weight excluding hydrogens is 354 g/mol. The average molecular weight is 384 g/mol. The van der Waals surface area contributed by atoms with Crippen molar-refractivity contribution in [3.8, 4) is 5.75 Å². The molecule has 2 N–H and O–H groups in total. The molecule has 0 fully saturated rings. The molecule has 0 aromatic heterocycles. The van der Waals surface area contributed by atoms with Gasteiger partial charge >= 0.3 is 5.97 Å². The molecule has 0 radical (unpaired) electrons. The van der Waals surface area contributed by atoms with Crippen molar-refractivity contribution in [1.29, 1.82) is 0 Å². The summed E-state index contributed by atoms with van der Waals surface area (Å²) >= 11 is 0. The van der Waals surface area contributed by atoms with E-state index in [1.165, 1.54) is 0 Å². The van der Waals surface area contributed by atoms with E-state index in [1.54, 1.807) is 6.92 Å². The standard InChI is InChI=1S/C19H29NO5S/c1-5-26(23,24)10-6-7-15(18(21)22)20-16-12-19(3,4)25-17-9-8-13(2)11-14(16)17/h8-9,11,15-16,20H,5-7,10,12H2,1-4H3,(H,21,22). The molecule has 0 aliphatic carbocycles. The molecule has 1 aromatic carbocycles. The van der Waals surface area contributed by atoms with Crippen molar-refractivity contribution in [2.75, 3.05) is 11.5 Å². The van der Waals surface area contributed by atoms with Crippen LogP contribution in [0.2, 0.25) is 0 Å². The summed E-state index contributed by atoms with van der Waals surface area (Å²) in [6.07, 6.45) is 1.24. The minimum absolute atomic E-state index is 0.0178. The van der Waals surface area contributed by atoms with Crippen LogP contribution in [0.25, 0.3) is 0 Å². The third-order valence-electron chi connectivity index (χ3n) is 4.71. The lowest BCUT2D eigenvalue weighted by molar-refractivity contribution is -0.140. The Morgan fingerprint density at radius 1 is 1.42 bits per heavy atom. The second-order valence-electron chi connectivity index (χ2n) is 7.60. The van der Waals surface area contributed by atoms with E-state index >= 15 is 0 Å². The Morgan fingerprint density at radius 3 is 2.73 bits per heavy atom. The molecule has 146 valence electrons. The van der Waals surface area contributed by atoms with E-state index < -0.39 is 27.4 Å². The highest BCUT2D eigenvalue weighted by Crippen LogP contribution is 2.40. The molecule has 2 unspecified atom stereocenters. The van der Waals surface area contributed by atoms with Gasteiger partial charge in [-0.25, -0.2) is 8.42 Å². The normalized spacial score (nSPS) is 20.1. The molecule has 0 saturated heterocycles. The van der Waals surface area contributed by atoms with Crippen LogP contribution in [0.3, 0.4) is 0 Å². The van der Waals surface area contributed by atoms with Gasteiger partial charge in [0.2, 0.25) is 0 Å². The predicted octanol–water partition coefficient (Wildman–Crippen LogP) is 2.85. The molecule has 0 amide bonds. The van der Waals surface area contributed by atoms with Crippen molar-refractivity contribution < 1.29 is 23.1 Å². The highest BCUT2D eigenvalue weighted by atomic mass is 32.2. The number of aliphatic carboxylic acids is 1. The third-order valence-corrected chi connectivity index (χ3v) is 6.50. The average Bonchev–Trinajstić information content (AvgIpc) is 2.53. The molecular formula is C19H29NO5S. The van der Waals surface area contributed by atoms with E-state index in [2.05, 4.69) is 5.32 Å². The molecule has 0 spiro atoms. The summed E-state index contributed by atoms with van der Waals surface area (Å²) in [7, 11) is -3.09. The molecule has 7 heteroatoms. The van der Waals surface area contributed by atoms with Gasteiger partial charge in [0.1, 0.15) is 27.2 Å². The van der Waals surface area contributed by atoms with Crippen molar-refractivity contribution in [3.05, 3.63) is 29.3 Å². The SMILES string of the molecule is CCS(=O)(=O)CCCC(NC1CC(C)(C)Oc2ccc(C)cc21)C(=O)O. The topological polar surface area (TPSA) is 92.7 Å². The number of carboxylic acids is 1. The zero-order valence-electron chi connectivity index (χ0n) is 15.9. The van der Waals surface area contributed by atoms with E-state index in [4.69, 9.17) is 4.74 Å². The van der Waals surface area contributed by atoms with E-state index in [0.717, 1.165) is 16.9 Å². The van der Waals surface area contributed by atoms with Crippen LogP contribution in [-0.4, -0.2) is 42.6 Å². The van der Waals surface area contributed by atoms with Gasteiger partial charge < -0.3 is 9.84 Å². The summed E-state index contributed by atoms with van der Waals surface area (Å²) in [6.45, 7) is 7.55. The minimum Gasteiger partial charge on any atom is -0.487 e. The Hall–Kier alpha value is -1.60. The Labute approximate surface area is 155 Å². The summed E-state index contributed by atoms with van der Waals surface area (Å²) in [5.41, 5.74) is 1.63. The lowest BCUT2D eigenvalue weighted by Crippen LogP contribution is -2.45. The quantitative estimate of drug-likeness (QED) is 0.717. The first-order chi connectivity index (χ1) is 12.0. The van der Waals surface area contributed by atoms with Crippen molar-refractivity contribution in [1.82, 2.24) is 5.32 Å². The molecule has 1 aliphatic heterocycles. The van der Waals surface area contributed by atoms with Gasteiger partial charge in [-0.3, -0.25) is 10.1 Å². The lowest BCUT2D eigenvalue weighted by Gasteiger charge is -2.39. The van der Waals surface area contributed by atoms with Gasteiger partial charge in [-0.05, 0) is 39.7 Å². The molecule has 1 heterocycles. The fourth-order valence-electron chi connectivity index (χ4n) is 3.30. The van der Waals surface area contributed by atoms with Gasteiger partial charge in [0, 0.05) is 23.8 Å². The Balaban J connectivity index is 2.15. The maximum Gasteiger partial charge on any atom is 0.320 e. The zero-order chi connectivity index (χ0) is 19.5. The number of fused-ring (bicyclic) bond motifs is 1. The van der Waals surface area contributed by atoms with Crippen LogP contribution in [-0.2, 0) is 14.6 Å². The molecule has 26 heavy (non-hydrogen) atoms. The number of rotatable bonds is 8. The largest absolute Gasteiger partial charge is 0.487 e. The summed E-state index contributed by atoms with van der Waals surface area (Å²) in [4.78, 5) is 11.7. The molecule has 2 atom stereocenters. The van der Waals surface area contributed by atoms with Gasteiger partial charge in [0.15, 0.2) is 0 Å².